The van der Waals surface area contributed by atoms with Crippen LogP contribution in [0.15, 0.2) is 41.5 Å². The van der Waals surface area contributed by atoms with Gasteiger partial charge in [-0.15, -0.1) is 0 Å². The summed E-state index contributed by atoms with van der Waals surface area (Å²) in [5.74, 6) is -0.550. The molecule has 0 saturated heterocycles. The van der Waals surface area contributed by atoms with Crippen molar-refractivity contribution < 1.29 is 14.4 Å². The standard InChI is InChI=1S/C20H23N3O3/c1-12-3-2-4-15-17(12)19(25)16-11-13(5-6-14(16)18(15)24)20(26)23-10-9-22-8-7-21/h2,4-6,11-12,22H,3,7-10,21H2,1H3,(H,23,26). The molecule has 0 aliphatic heterocycles. The summed E-state index contributed by atoms with van der Waals surface area (Å²) in [6.45, 7) is 4.25. The van der Waals surface area contributed by atoms with E-state index in [0.717, 1.165) is 6.42 Å². The van der Waals surface area contributed by atoms with E-state index in [1.165, 1.54) is 6.07 Å². The minimum Gasteiger partial charge on any atom is -0.351 e. The average molecular weight is 353 g/mol. The van der Waals surface area contributed by atoms with Gasteiger partial charge in [-0.2, -0.15) is 0 Å². The summed E-state index contributed by atoms with van der Waals surface area (Å²) in [6, 6.07) is 4.70. The van der Waals surface area contributed by atoms with E-state index in [1.54, 1.807) is 18.2 Å². The van der Waals surface area contributed by atoms with Crippen molar-refractivity contribution in [2.45, 2.75) is 13.3 Å². The first-order valence-electron chi connectivity index (χ1n) is 8.87. The van der Waals surface area contributed by atoms with E-state index >= 15 is 0 Å². The molecule has 0 heterocycles. The van der Waals surface area contributed by atoms with Gasteiger partial charge in [0.25, 0.3) is 5.91 Å². The molecule has 1 unspecified atom stereocenters. The maximum absolute atomic E-state index is 12.9. The number of hydrogen-bond donors (Lipinski definition) is 3. The first-order chi connectivity index (χ1) is 12.5. The zero-order valence-corrected chi connectivity index (χ0v) is 14.8. The van der Waals surface area contributed by atoms with Gasteiger partial charge >= 0.3 is 0 Å². The first kappa shape index (κ1) is 18.2. The second-order valence-corrected chi connectivity index (χ2v) is 6.58. The highest BCUT2D eigenvalue weighted by atomic mass is 16.2. The Hall–Kier alpha value is -2.57. The molecule has 4 N–H and O–H groups in total. The second kappa shape index (κ2) is 7.76. The van der Waals surface area contributed by atoms with Crippen molar-refractivity contribution in [1.82, 2.24) is 10.6 Å². The van der Waals surface area contributed by atoms with Crippen molar-refractivity contribution in [3.8, 4) is 0 Å². The third-order valence-corrected chi connectivity index (χ3v) is 4.73. The average Bonchev–Trinajstić information content (AvgIpc) is 2.65. The molecule has 3 rings (SSSR count). The van der Waals surface area contributed by atoms with E-state index in [9.17, 15) is 14.4 Å². The molecule has 0 aromatic heterocycles. The molecule has 0 radical (unpaired) electrons. The van der Waals surface area contributed by atoms with Gasteiger partial charge in [-0.05, 0) is 30.5 Å². The molecule has 2 aliphatic rings. The Bertz CT molecular complexity index is 824. The Balaban J connectivity index is 1.80. The molecule has 6 nitrogen and oxygen atoms in total. The summed E-state index contributed by atoms with van der Waals surface area (Å²) < 4.78 is 0. The van der Waals surface area contributed by atoms with Gasteiger partial charge in [-0.25, -0.2) is 0 Å². The summed E-state index contributed by atoms with van der Waals surface area (Å²) in [7, 11) is 0. The van der Waals surface area contributed by atoms with Gasteiger partial charge in [0.05, 0.1) is 0 Å². The van der Waals surface area contributed by atoms with Gasteiger partial charge in [0, 0.05) is 54.0 Å². The molecule has 6 heteroatoms. The number of fused-ring (bicyclic) bond motifs is 1. The van der Waals surface area contributed by atoms with E-state index in [2.05, 4.69) is 10.6 Å². The lowest BCUT2D eigenvalue weighted by atomic mass is 9.75. The zero-order chi connectivity index (χ0) is 18.7. The Morgan fingerprint density at radius 3 is 2.73 bits per heavy atom. The van der Waals surface area contributed by atoms with Gasteiger partial charge in [0.15, 0.2) is 11.6 Å². The maximum Gasteiger partial charge on any atom is 0.251 e. The normalized spacial score (nSPS) is 18.6. The lowest BCUT2D eigenvalue weighted by Gasteiger charge is -2.26. The molecule has 1 aromatic carbocycles. The highest BCUT2D eigenvalue weighted by molar-refractivity contribution is 6.28. The van der Waals surface area contributed by atoms with Crippen molar-refractivity contribution in [3.63, 3.8) is 0 Å². The third-order valence-electron chi connectivity index (χ3n) is 4.73. The number of ketones is 2. The Morgan fingerprint density at radius 2 is 1.96 bits per heavy atom. The third kappa shape index (κ3) is 3.38. The predicted octanol–water partition coefficient (Wildman–Crippen LogP) is 1.24. The van der Waals surface area contributed by atoms with E-state index in [4.69, 9.17) is 5.73 Å². The number of allylic oxidation sites excluding steroid dienone is 4. The number of carbonyl (C=O) groups excluding carboxylic acids is 3. The quantitative estimate of drug-likeness (QED) is 0.668. The summed E-state index contributed by atoms with van der Waals surface area (Å²) >= 11 is 0. The van der Waals surface area contributed by atoms with Gasteiger partial charge in [-0.1, -0.05) is 19.1 Å². The number of benzene rings is 1. The van der Waals surface area contributed by atoms with Crippen LogP contribution in [0.1, 0.15) is 44.4 Å². The van der Waals surface area contributed by atoms with Crippen molar-refractivity contribution in [2.75, 3.05) is 26.2 Å². The van der Waals surface area contributed by atoms with Crippen LogP contribution in [0.25, 0.3) is 0 Å². The number of hydrogen-bond acceptors (Lipinski definition) is 5. The molecule has 0 fully saturated rings. The molecule has 0 saturated carbocycles. The topological polar surface area (TPSA) is 101 Å². The number of carbonyl (C=O) groups is 3. The molecule has 136 valence electrons. The number of amides is 1. The number of rotatable bonds is 6. The van der Waals surface area contributed by atoms with Crippen LogP contribution in [0.3, 0.4) is 0 Å². The molecular formula is C20H23N3O3. The van der Waals surface area contributed by atoms with Crippen LogP contribution in [0.4, 0.5) is 0 Å². The van der Waals surface area contributed by atoms with Gasteiger partial charge in [0.2, 0.25) is 0 Å². The fourth-order valence-corrected chi connectivity index (χ4v) is 3.36. The molecule has 26 heavy (non-hydrogen) atoms. The monoisotopic (exact) mass is 353 g/mol. The van der Waals surface area contributed by atoms with E-state index in [0.29, 0.717) is 54.0 Å². The van der Waals surface area contributed by atoms with Crippen LogP contribution in [0.2, 0.25) is 0 Å². The molecule has 1 atom stereocenters. The van der Waals surface area contributed by atoms with Crippen LogP contribution >= 0.6 is 0 Å². The molecule has 0 bridgehead atoms. The zero-order valence-electron chi connectivity index (χ0n) is 14.8. The molecule has 1 amide bonds. The lowest BCUT2D eigenvalue weighted by molar-refractivity contribution is 0.0950. The van der Waals surface area contributed by atoms with E-state index in [-0.39, 0.29) is 23.4 Å². The van der Waals surface area contributed by atoms with Crippen LogP contribution in [0, 0.1) is 5.92 Å². The van der Waals surface area contributed by atoms with Gasteiger partial charge < -0.3 is 16.4 Å². The predicted molar refractivity (Wildman–Crippen MR) is 99.3 cm³/mol. The lowest BCUT2D eigenvalue weighted by Crippen LogP contribution is -2.34. The van der Waals surface area contributed by atoms with Crippen molar-refractivity contribution in [2.24, 2.45) is 11.7 Å². The van der Waals surface area contributed by atoms with Crippen molar-refractivity contribution >= 4 is 17.5 Å². The highest BCUT2D eigenvalue weighted by Crippen LogP contribution is 2.35. The number of Topliss-reactive ketones (excluding diaryl/α,β-unsaturated/α-hetero) is 2. The van der Waals surface area contributed by atoms with Crippen molar-refractivity contribution in [3.05, 3.63) is 58.2 Å². The maximum atomic E-state index is 12.9. The Morgan fingerprint density at radius 1 is 1.15 bits per heavy atom. The smallest absolute Gasteiger partial charge is 0.251 e. The first-order valence-corrected chi connectivity index (χ1v) is 8.87. The molecule has 1 aromatic rings. The second-order valence-electron chi connectivity index (χ2n) is 6.58. The SMILES string of the molecule is CC1CC=CC2=C1C(=O)c1cc(C(=O)NCCNCCN)ccc1C2=O. The van der Waals surface area contributed by atoms with Gasteiger partial charge in [0.1, 0.15) is 0 Å². The summed E-state index contributed by atoms with van der Waals surface area (Å²) in [5.41, 5.74) is 7.52. The highest BCUT2D eigenvalue weighted by Gasteiger charge is 2.35. The minimum absolute atomic E-state index is 0.00528. The summed E-state index contributed by atoms with van der Waals surface area (Å²) in [6.07, 6.45) is 4.41. The Kier molecular flexibility index (Phi) is 5.44. The van der Waals surface area contributed by atoms with Crippen molar-refractivity contribution in [1.29, 1.82) is 0 Å². The molecular weight excluding hydrogens is 330 g/mol. The van der Waals surface area contributed by atoms with Crippen LogP contribution in [-0.4, -0.2) is 43.7 Å². The fraction of sp³-hybridized carbons (Fsp3) is 0.350. The summed E-state index contributed by atoms with van der Waals surface area (Å²) in [4.78, 5) is 37.9. The number of nitrogens with one attached hydrogen (secondary N) is 2. The number of nitrogens with two attached hydrogens (primary N) is 1. The molecule has 0 spiro atoms. The van der Waals surface area contributed by atoms with E-state index in [1.807, 2.05) is 13.0 Å². The largest absolute Gasteiger partial charge is 0.351 e. The van der Waals surface area contributed by atoms with Gasteiger partial charge in [-0.3, -0.25) is 14.4 Å². The van der Waals surface area contributed by atoms with E-state index < -0.39 is 0 Å². The molecule has 2 aliphatic carbocycles. The Labute approximate surface area is 152 Å². The summed E-state index contributed by atoms with van der Waals surface area (Å²) in [5, 5.41) is 5.88. The van der Waals surface area contributed by atoms with Crippen LogP contribution < -0.4 is 16.4 Å². The van der Waals surface area contributed by atoms with Crippen LogP contribution in [0.5, 0.6) is 0 Å². The minimum atomic E-state index is -0.265. The van der Waals surface area contributed by atoms with Crippen LogP contribution in [-0.2, 0) is 0 Å². The fourth-order valence-electron chi connectivity index (χ4n) is 3.36.